The molecule has 7 nitrogen and oxygen atoms in total. The van der Waals surface area contributed by atoms with Gasteiger partial charge < -0.3 is 4.74 Å². The molecular weight excluding hydrogens is 240 g/mol. The summed E-state index contributed by atoms with van der Waals surface area (Å²) in [5.41, 5.74) is -1.45. The SMILES string of the molecule is CCOC(=O)c1ccc([N+](=O)[O-])c(C=O)c1C#N. The smallest absolute Gasteiger partial charge is 0.339 e. The first kappa shape index (κ1) is 13.3. The fourth-order valence-electron chi connectivity index (χ4n) is 1.39. The van der Waals surface area contributed by atoms with Crippen molar-refractivity contribution < 1.29 is 19.2 Å². The number of ether oxygens (including phenoxy) is 1. The first-order valence-corrected chi connectivity index (χ1v) is 4.90. The average molecular weight is 248 g/mol. The van der Waals surface area contributed by atoms with E-state index in [4.69, 9.17) is 10.00 Å². The number of nitrogens with zero attached hydrogens (tertiary/aromatic N) is 2. The van der Waals surface area contributed by atoms with Gasteiger partial charge in [0, 0.05) is 6.07 Å². The van der Waals surface area contributed by atoms with E-state index in [2.05, 4.69) is 0 Å². The van der Waals surface area contributed by atoms with Crippen molar-refractivity contribution in [2.24, 2.45) is 0 Å². The number of aldehydes is 1. The lowest BCUT2D eigenvalue weighted by Crippen LogP contribution is -2.10. The summed E-state index contributed by atoms with van der Waals surface area (Å²) in [4.78, 5) is 32.2. The molecule has 92 valence electrons. The van der Waals surface area contributed by atoms with Crippen molar-refractivity contribution in [3.63, 3.8) is 0 Å². The molecule has 0 saturated carbocycles. The first-order valence-electron chi connectivity index (χ1n) is 4.90. The van der Waals surface area contributed by atoms with Gasteiger partial charge in [0.15, 0.2) is 6.29 Å². The second-order valence-corrected chi connectivity index (χ2v) is 3.13. The van der Waals surface area contributed by atoms with E-state index in [1.807, 2.05) is 0 Å². The predicted octanol–water partition coefficient (Wildman–Crippen LogP) is 1.46. The van der Waals surface area contributed by atoms with E-state index in [0.29, 0.717) is 0 Å². The van der Waals surface area contributed by atoms with Crippen molar-refractivity contribution in [3.05, 3.63) is 38.9 Å². The number of nitro groups is 1. The quantitative estimate of drug-likeness (QED) is 0.345. The number of carbonyl (C=O) groups excluding carboxylic acids is 2. The minimum Gasteiger partial charge on any atom is -0.462 e. The van der Waals surface area contributed by atoms with Crippen LogP contribution >= 0.6 is 0 Å². The van der Waals surface area contributed by atoms with Gasteiger partial charge in [-0.15, -0.1) is 0 Å². The minimum absolute atomic E-state index is 0.0944. The van der Waals surface area contributed by atoms with Crippen LogP contribution < -0.4 is 0 Å². The highest BCUT2D eigenvalue weighted by Gasteiger charge is 2.24. The van der Waals surface area contributed by atoms with Gasteiger partial charge in [-0.05, 0) is 13.0 Å². The highest BCUT2D eigenvalue weighted by atomic mass is 16.6. The van der Waals surface area contributed by atoms with Crippen molar-refractivity contribution in [2.75, 3.05) is 6.61 Å². The van der Waals surface area contributed by atoms with Crippen LogP contribution in [0.25, 0.3) is 0 Å². The molecule has 0 N–H and O–H groups in total. The lowest BCUT2D eigenvalue weighted by atomic mass is 10.0. The summed E-state index contributed by atoms with van der Waals surface area (Å²) < 4.78 is 4.69. The van der Waals surface area contributed by atoms with Crippen LogP contribution in [0.2, 0.25) is 0 Å². The highest BCUT2D eigenvalue weighted by molar-refractivity contribution is 5.97. The van der Waals surface area contributed by atoms with E-state index >= 15 is 0 Å². The van der Waals surface area contributed by atoms with Crippen LogP contribution in [0.1, 0.15) is 33.2 Å². The van der Waals surface area contributed by atoms with E-state index in [1.165, 1.54) is 0 Å². The molecule has 0 spiro atoms. The maximum Gasteiger partial charge on any atom is 0.339 e. The van der Waals surface area contributed by atoms with Gasteiger partial charge in [0.2, 0.25) is 0 Å². The van der Waals surface area contributed by atoms with Crippen LogP contribution in [0.3, 0.4) is 0 Å². The Bertz CT molecular complexity index is 559. The van der Waals surface area contributed by atoms with Gasteiger partial charge in [-0.2, -0.15) is 5.26 Å². The summed E-state index contributed by atoms with van der Waals surface area (Å²) in [5, 5.41) is 19.6. The average Bonchev–Trinajstić information content (AvgIpc) is 2.36. The molecule has 7 heteroatoms. The summed E-state index contributed by atoms with van der Waals surface area (Å²) in [6, 6.07) is 3.71. The fraction of sp³-hybridized carbons (Fsp3) is 0.182. The van der Waals surface area contributed by atoms with Gasteiger partial charge in [-0.25, -0.2) is 4.79 Å². The number of hydrogen-bond acceptors (Lipinski definition) is 6. The van der Waals surface area contributed by atoms with Gasteiger partial charge in [0.25, 0.3) is 5.69 Å². The Morgan fingerprint density at radius 2 is 2.28 bits per heavy atom. The van der Waals surface area contributed by atoms with Gasteiger partial charge in [-0.3, -0.25) is 14.9 Å². The van der Waals surface area contributed by atoms with E-state index in [-0.39, 0.29) is 24.0 Å². The maximum atomic E-state index is 11.5. The topological polar surface area (TPSA) is 110 Å². The number of nitriles is 1. The number of hydrogen-bond donors (Lipinski definition) is 0. The van der Waals surface area contributed by atoms with Gasteiger partial charge in [0.1, 0.15) is 11.6 Å². The maximum absolute atomic E-state index is 11.5. The third-order valence-corrected chi connectivity index (χ3v) is 2.14. The second-order valence-electron chi connectivity index (χ2n) is 3.13. The van der Waals surface area contributed by atoms with Crippen LogP contribution in [0, 0.1) is 21.4 Å². The summed E-state index contributed by atoms with van der Waals surface area (Å²) in [5.74, 6) is -0.799. The first-order chi connectivity index (χ1) is 8.56. The molecule has 1 rings (SSSR count). The van der Waals surface area contributed by atoms with Crippen LogP contribution in [0.15, 0.2) is 12.1 Å². The number of carbonyl (C=O) groups is 2. The van der Waals surface area contributed by atoms with E-state index in [9.17, 15) is 19.7 Å². The Morgan fingerprint density at radius 3 is 2.72 bits per heavy atom. The summed E-state index contributed by atoms with van der Waals surface area (Å²) >= 11 is 0. The third-order valence-electron chi connectivity index (χ3n) is 2.14. The molecule has 0 saturated heterocycles. The number of benzene rings is 1. The van der Waals surface area contributed by atoms with Gasteiger partial charge in [-0.1, -0.05) is 0 Å². The molecule has 0 fully saturated rings. The monoisotopic (exact) mass is 248 g/mol. The standard InChI is InChI=1S/C11H8N2O5/c1-2-18-11(15)7-3-4-10(13(16)17)9(6-14)8(7)5-12/h3-4,6H,2H2,1H3. The van der Waals surface area contributed by atoms with Crippen molar-refractivity contribution in [2.45, 2.75) is 6.92 Å². The fourth-order valence-corrected chi connectivity index (χ4v) is 1.39. The Labute approximate surface area is 102 Å². The zero-order valence-electron chi connectivity index (χ0n) is 9.37. The number of rotatable bonds is 4. The lowest BCUT2D eigenvalue weighted by Gasteiger charge is -2.05. The normalized spacial score (nSPS) is 9.33. The predicted molar refractivity (Wildman–Crippen MR) is 59.2 cm³/mol. The molecule has 0 unspecified atom stereocenters. The zero-order chi connectivity index (χ0) is 13.7. The molecule has 0 amide bonds. The molecule has 0 aromatic heterocycles. The second kappa shape index (κ2) is 5.54. The molecule has 0 aliphatic heterocycles. The summed E-state index contributed by atoms with van der Waals surface area (Å²) in [6.07, 6.45) is 0.180. The molecule has 0 bridgehead atoms. The van der Waals surface area contributed by atoms with Crippen molar-refractivity contribution >= 4 is 17.9 Å². The van der Waals surface area contributed by atoms with Crippen LogP contribution in [0.5, 0.6) is 0 Å². The van der Waals surface area contributed by atoms with Crippen LogP contribution in [0.4, 0.5) is 5.69 Å². The third kappa shape index (κ3) is 2.32. The molecule has 0 atom stereocenters. The molecule has 0 aliphatic rings. The summed E-state index contributed by atoms with van der Waals surface area (Å²) in [6.45, 7) is 1.67. The molecule has 1 aromatic rings. The van der Waals surface area contributed by atoms with E-state index < -0.39 is 22.1 Å². The van der Waals surface area contributed by atoms with Crippen LogP contribution in [-0.2, 0) is 4.74 Å². The Balaban J connectivity index is 3.50. The van der Waals surface area contributed by atoms with Crippen molar-refractivity contribution in [1.29, 1.82) is 5.26 Å². The molecular formula is C11H8N2O5. The number of esters is 1. The molecule has 18 heavy (non-hydrogen) atoms. The highest BCUT2D eigenvalue weighted by Crippen LogP contribution is 2.24. The molecule has 0 aliphatic carbocycles. The minimum atomic E-state index is -0.799. The Morgan fingerprint density at radius 1 is 1.61 bits per heavy atom. The lowest BCUT2D eigenvalue weighted by molar-refractivity contribution is -0.385. The largest absolute Gasteiger partial charge is 0.462 e. The van der Waals surface area contributed by atoms with Crippen molar-refractivity contribution in [1.82, 2.24) is 0 Å². The van der Waals surface area contributed by atoms with E-state index in [1.54, 1.807) is 13.0 Å². The molecule has 0 heterocycles. The Kier molecular flexibility index (Phi) is 4.10. The Hall–Kier alpha value is -2.75. The van der Waals surface area contributed by atoms with Crippen molar-refractivity contribution in [3.8, 4) is 6.07 Å². The molecule has 0 radical (unpaired) electrons. The van der Waals surface area contributed by atoms with Gasteiger partial charge in [0.05, 0.1) is 22.7 Å². The molecule has 1 aromatic carbocycles. The van der Waals surface area contributed by atoms with Gasteiger partial charge >= 0.3 is 5.97 Å². The van der Waals surface area contributed by atoms with E-state index in [0.717, 1.165) is 12.1 Å². The summed E-state index contributed by atoms with van der Waals surface area (Å²) in [7, 11) is 0. The van der Waals surface area contributed by atoms with Crippen LogP contribution in [-0.4, -0.2) is 23.8 Å². The zero-order valence-corrected chi connectivity index (χ0v) is 9.37. The number of nitro benzene ring substituents is 1.